The van der Waals surface area contributed by atoms with E-state index in [0.717, 1.165) is 11.5 Å². The van der Waals surface area contributed by atoms with Crippen LogP contribution in [0, 0.1) is 0 Å². The van der Waals surface area contributed by atoms with Crippen LogP contribution in [0.4, 0.5) is 0 Å². The minimum Gasteiger partial charge on any atom is -0.269 e. The van der Waals surface area contributed by atoms with Crippen LogP contribution in [0.1, 0.15) is 43.8 Å². The van der Waals surface area contributed by atoms with Crippen LogP contribution in [0.15, 0.2) is 18.2 Å². The van der Waals surface area contributed by atoms with Gasteiger partial charge in [-0.05, 0) is 25.0 Å². The lowest BCUT2D eigenvalue weighted by atomic mass is 9.89. The van der Waals surface area contributed by atoms with Crippen LogP contribution in [0.2, 0.25) is 5.15 Å². The Kier molecular flexibility index (Phi) is 2.56. The Morgan fingerprint density at radius 1 is 1.12 bits per heavy atom. The molecule has 0 saturated heterocycles. The number of hydrogen-bond donors (Lipinski definition) is 0. The van der Waals surface area contributed by atoms with Gasteiger partial charge in [0.1, 0.15) is 11.0 Å². The molecule has 2 aromatic heterocycles. The lowest BCUT2D eigenvalue weighted by molar-refractivity contribution is 0.426. The van der Waals surface area contributed by atoms with Crippen molar-refractivity contribution in [1.29, 1.82) is 0 Å². The Hall–Kier alpha value is -1.09. The first kappa shape index (κ1) is 10.1. The zero-order chi connectivity index (χ0) is 11.0. The van der Waals surface area contributed by atoms with Crippen LogP contribution >= 0.6 is 11.6 Å². The average Bonchev–Trinajstić information content (AvgIpc) is 2.75. The third kappa shape index (κ3) is 1.59. The molecule has 0 unspecified atom stereocenters. The smallest absolute Gasteiger partial charge is 0.161 e. The number of hydrogen-bond acceptors (Lipinski definition) is 2. The van der Waals surface area contributed by atoms with Gasteiger partial charge < -0.3 is 0 Å². The molecule has 1 saturated carbocycles. The number of aromatic nitrogens is 3. The first-order chi connectivity index (χ1) is 7.86. The SMILES string of the molecule is Clc1cccc2nnc(C3CCCCC3)n12. The molecule has 0 spiro atoms. The number of fused-ring (bicyclic) bond motifs is 1. The van der Waals surface area contributed by atoms with Crippen molar-refractivity contribution in [3.63, 3.8) is 0 Å². The van der Waals surface area contributed by atoms with Crippen LogP contribution in [0.3, 0.4) is 0 Å². The van der Waals surface area contributed by atoms with Crippen LogP contribution in [0.25, 0.3) is 5.65 Å². The third-order valence-electron chi connectivity index (χ3n) is 3.38. The molecule has 0 N–H and O–H groups in total. The summed E-state index contributed by atoms with van der Waals surface area (Å²) in [4.78, 5) is 0. The summed E-state index contributed by atoms with van der Waals surface area (Å²) in [5, 5.41) is 9.20. The predicted molar refractivity (Wildman–Crippen MR) is 63.8 cm³/mol. The van der Waals surface area contributed by atoms with E-state index in [4.69, 9.17) is 11.6 Å². The molecule has 0 atom stereocenters. The lowest BCUT2D eigenvalue weighted by Crippen LogP contribution is -2.09. The minimum atomic E-state index is 0.531. The van der Waals surface area contributed by atoms with Crippen molar-refractivity contribution in [1.82, 2.24) is 14.6 Å². The summed E-state index contributed by atoms with van der Waals surface area (Å²) < 4.78 is 1.98. The molecule has 3 rings (SSSR count). The van der Waals surface area contributed by atoms with Crippen LogP contribution in [0.5, 0.6) is 0 Å². The van der Waals surface area contributed by atoms with E-state index in [1.165, 1.54) is 32.1 Å². The Labute approximate surface area is 99.4 Å². The fraction of sp³-hybridized carbons (Fsp3) is 0.500. The zero-order valence-electron chi connectivity index (χ0n) is 9.06. The van der Waals surface area contributed by atoms with Gasteiger partial charge in [-0.3, -0.25) is 4.40 Å². The van der Waals surface area contributed by atoms with Crippen molar-refractivity contribution in [3.05, 3.63) is 29.2 Å². The highest BCUT2D eigenvalue weighted by Crippen LogP contribution is 2.32. The summed E-state index contributed by atoms with van der Waals surface area (Å²) in [7, 11) is 0. The molecule has 0 aliphatic heterocycles. The largest absolute Gasteiger partial charge is 0.269 e. The van der Waals surface area contributed by atoms with Gasteiger partial charge in [0, 0.05) is 5.92 Å². The molecule has 2 aromatic rings. The fourth-order valence-electron chi connectivity index (χ4n) is 2.55. The number of pyridine rings is 1. The standard InChI is InChI=1S/C12H14ClN3/c13-10-7-4-8-11-14-15-12(16(10)11)9-5-2-1-3-6-9/h4,7-9H,1-3,5-6H2. The molecule has 1 aliphatic carbocycles. The molecular formula is C12H14ClN3. The van der Waals surface area contributed by atoms with Gasteiger partial charge in [-0.1, -0.05) is 36.9 Å². The maximum absolute atomic E-state index is 6.21. The van der Waals surface area contributed by atoms with E-state index in [2.05, 4.69) is 10.2 Å². The molecule has 16 heavy (non-hydrogen) atoms. The van der Waals surface area contributed by atoms with E-state index in [0.29, 0.717) is 11.1 Å². The Morgan fingerprint density at radius 2 is 1.94 bits per heavy atom. The van der Waals surface area contributed by atoms with Crippen molar-refractivity contribution in [2.24, 2.45) is 0 Å². The highest BCUT2D eigenvalue weighted by molar-refractivity contribution is 6.29. The Balaban J connectivity index is 2.09. The molecule has 3 nitrogen and oxygen atoms in total. The monoisotopic (exact) mass is 235 g/mol. The maximum atomic E-state index is 6.21. The van der Waals surface area contributed by atoms with Crippen molar-refractivity contribution < 1.29 is 0 Å². The molecule has 2 heterocycles. The Bertz CT molecular complexity index is 500. The van der Waals surface area contributed by atoms with Gasteiger partial charge in [-0.25, -0.2) is 0 Å². The number of rotatable bonds is 1. The van der Waals surface area contributed by atoms with Crippen LogP contribution < -0.4 is 0 Å². The molecule has 1 aliphatic rings. The van der Waals surface area contributed by atoms with Gasteiger partial charge >= 0.3 is 0 Å². The minimum absolute atomic E-state index is 0.531. The van der Waals surface area contributed by atoms with Crippen molar-refractivity contribution in [3.8, 4) is 0 Å². The third-order valence-corrected chi connectivity index (χ3v) is 3.67. The molecule has 84 valence electrons. The van der Waals surface area contributed by atoms with Crippen molar-refractivity contribution in [2.45, 2.75) is 38.0 Å². The highest BCUT2D eigenvalue weighted by atomic mass is 35.5. The normalized spacial score (nSPS) is 18.1. The molecule has 0 bridgehead atoms. The van der Waals surface area contributed by atoms with E-state index in [-0.39, 0.29) is 0 Å². The maximum Gasteiger partial charge on any atom is 0.161 e. The molecule has 4 heteroatoms. The second kappa shape index (κ2) is 4.06. The summed E-state index contributed by atoms with van der Waals surface area (Å²) in [5.74, 6) is 1.57. The summed E-state index contributed by atoms with van der Waals surface area (Å²) in [5.41, 5.74) is 0.855. The van der Waals surface area contributed by atoms with Gasteiger partial charge in [-0.2, -0.15) is 0 Å². The van der Waals surface area contributed by atoms with Crippen LogP contribution in [-0.4, -0.2) is 14.6 Å². The average molecular weight is 236 g/mol. The quantitative estimate of drug-likeness (QED) is 0.709. The predicted octanol–water partition coefficient (Wildman–Crippen LogP) is 3.43. The van der Waals surface area contributed by atoms with E-state index >= 15 is 0 Å². The molecule has 0 amide bonds. The second-order valence-electron chi connectivity index (χ2n) is 4.44. The Morgan fingerprint density at radius 3 is 2.75 bits per heavy atom. The molecular weight excluding hydrogens is 222 g/mol. The van der Waals surface area contributed by atoms with E-state index in [1.807, 2.05) is 22.6 Å². The van der Waals surface area contributed by atoms with Crippen molar-refractivity contribution >= 4 is 17.2 Å². The highest BCUT2D eigenvalue weighted by Gasteiger charge is 2.21. The van der Waals surface area contributed by atoms with Gasteiger partial charge in [0.25, 0.3) is 0 Å². The number of halogens is 1. The first-order valence-corrected chi connectivity index (χ1v) is 6.23. The topological polar surface area (TPSA) is 30.2 Å². The molecule has 1 fully saturated rings. The van der Waals surface area contributed by atoms with Gasteiger partial charge in [0.2, 0.25) is 0 Å². The lowest BCUT2D eigenvalue weighted by Gasteiger charge is -2.20. The molecule has 0 radical (unpaired) electrons. The van der Waals surface area contributed by atoms with Gasteiger partial charge in [0.05, 0.1) is 0 Å². The second-order valence-corrected chi connectivity index (χ2v) is 4.82. The van der Waals surface area contributed by atoms with Crippen molar-refractivity contribution in [2.75, 3.05) is 0 Å². The summed E-state index contributed by atoms with van der Waals surface area (Å²) in [6, 6.07) is 5.76. The number of nitrogens with zero attached hydrogens (tertiary/aromatic N) is 3. The van der Waals surface area contributed by atoms with E-state index < -0.39 is 0 Å². The van der Waals surface area contributed by atoms with Gasteiger partial charge in [0.15, 0.2) is 5.65 Å². The zero-order valence-corrected chi connectivity index (χ0v) is 9.82. The summed E-state index contributed by atoms with van der Waals surface area (Å²) in [6.45, 7) is 0. The van der Waals surface area contributed by atoms with Crippen LogP contribution in [-0.2, 0) is 0 Å². The first-order valence-electron chi connectivity index (χ1n) is 5.86. The van der Waals surface area contributed by atoms with E-state index in [1.54, 1.807) is 0 Å². The van der Waals surface area contributed by atoms with E-state index in [9.17, 15) is 0 Å². The summed E-state index contributed by atoms with van der Waals surface area (Å²) in [6.07, 6.45) is 6.37. The van der Waals surface area contributed by atoms with Gasteiger partial charge in [-0.15, -0.1) is 10.2 Å². The fourth-order valence-corrected chi connectivity index (χ4v) is 2.80. The molecule has 0 aromatic carbocycles. The summed E-state index contributed by atoms with van der Waals surface area (Å²) >= 11 is 6.21.